The molecule has 7 atom stereocenters. The number of carbonyl (C=O) groups is 3. The first kappa shape index (κ1) is 25.8. The molecule has 0 amide bonds. The highest BCUT2D eigenvalue weighted by atomic mass is 16.6. The van der Waals surface area contributed by atoms with Crippen LogP contribution in [0.25, 0.3) is 0 Å². The number of hydrogen-bond acceptors (Lipinski definition) is 10. The van der Waals surface area contributed by atoms with E-state index < -0.39 is 42.4 Å². The smallest absolute Gasteiger partial charge is 0.351 e. The third kappa shape index (κ3) is 7.02. The van der Waals surface area contributed by atoms with Crippen molar-refractivity contribution in [1.29, 1.82) is 0 Å². The predicted molar refractivity (Wildman–Crippen MR) is 113 cm³/mol. The van der Waals surface area contributed by atoms with E-state index in [9.17, 15) is 19.2 Å². The molecule has 0 aromatic carbocycles. The summed E-state index contributed by atoms with van der Waals surface area (Å²) in [5, 5.41) is 0. The molecule has 5 unspecified atom stereocenters. The van der Waals surface area contributed by atoms with E-state index in [1.54, 1.807) is 20.8 Å². The fourth-order valence-corrected chi connectivity index (χ4v) is 3.38. The lowest BCUT2D eigenvalue weighted by Crippen LogP contribution is -2.43. The van der Waals surface area contributed by atoms with Gasteiger partial charge in [-0.25, -0.2) is 4.79 Å². The van der Waals surface area contributed by atoms with E-state index in [4.69, 9.17) is 24.7 Å². The summed E-state index contributed by atoms with van der Waals surface area (Å²) in [6.07, 6.45) is -0.265. The fourth-order valence-electron chi connectivity index (χ4n) is 3.38. The second-order valence-electron chi connectivity index (χ2n) is 7.78. The van der Waals surface area contributed by atoms with E-state index >= 15 is 0 Å². The average molecular weight is 453 g/mol. The number of ether oxygens (including phenoxy) is 4. The Morgan fingerprint density at radius 1 is 1.03 bits per heavy atom. The maximum absolute atomic E-state index is 12.5. The summed E-state index contributed by atoms with van der Waals surface area (Å²) in [5.74, 6) is 0.0611. The van der Waals surface area contributed by atoms with Crippen molar-refractivity contribution in [1.82, 2.24) is 9.55 Å². The number of aromatic nitrogens is 2. The number of anilines is 1. The van der Waals surface area contributed by atoms with Gasteiger partial charge >= 0.3 is 5.69 Å². The van der Waals surface area contributed by atoms with Crippen molar-refractivity contribution in [3.8, 4) is 0 Å². The van der Waals surface area contributed by atoms with Gasteiger partial charge in [-0.15, -0.1) is 0 Å². The molecule has 0 bridgehead atoms. The van der Waals surface area contributed by atoms with Gasteiger partial charge < -0.3 is 39.1 Å². The van der Waals surface area contributed by atoms with Gasteiger partial charge in [-0.1, -0.05) is 0 Å². The average Bonchev–Trinajstić information content (AvgIpc) is 3.04. The van der Waals surface area contributed by atoms with E-state index in [2.05, 4.69) is 4.98 Å². The molecule has 2 rings (SSSR count). The van der Waals surface area contributed by atoms with Crippen LogP contribution in [0, 0.1) is 0 Å². The van der Waals surface area contributed by atoms with Gasteiger partial charge in [0.1, 0.15) is 43.0 Å². The molecule has 2 N–H and O–H groups in total. The Hall–Kier alpha value is -2.47. The second-order valence-corrected chi connectivity index (χ2v) is 7.78. The summed E-state index contributed by atoms with van der Waals surface area (Å²) in [6.45, 7) is 5.26. The Morgan fingerprint density at radius 3 is 2.16 bits per heavy atom. The zero-order chi connectivity index (χ0) is 23.7. The number of carbonyl (C=O) groups excluding carboxylic acids is 3. The van der Waals surface area contributed by atoms with Crippen LogP contribution in [0.5, 0.6) is 0 Å². The lowest BCUT2D eigenvalue weighted by molar-refractivity contribution is -0.133. The summed E-state index contributed by atoms with van der Waals surface area (Å²) in [7, 11) is 0. The molecule has 0 aliphatic carbocycles. The van der Waals surface area contributed by atoms with Crippen LogP contribution in [0.15, 0.2) is 17.1 Å². The van der Waals surface area contributed by atoms with Gasteiger partial charge in [-0.05, 0) is 26.8 Å². The van der Waals surface area contributed by atoms with Gasteiger partial charge in [0, 0.05) is 25.5 Å². The van der Waals surface area contributed by atoms with Gasteiger partial charge in [0.05, 0.1) is 24.9 Å². The molecular weight excluding hydrogens is 422 g/mol. The first-order valence-corrected chi connectivity index (χ1v) is 10.5. The number of nitrogens with two attached hydrogens (primary N) is 1. The third-order valence-corrected chi connectivity index (χ3v) is 5.02. The van der Waals surface area contributed by atoms with Crippen LogP contribution in [-0.2, 0) is 33.3 Å². The minimum Gasteiger partial charge on any atom is -0.383 e. The van der Waals surface area contributed by atoms with Gasteiger partial charge in [-0.3, -0.25) is 4.57 Å². The minimum absolute atomic E-state index is 0.0586. The molecule has 1 aromatic heterocycles. The molecule has 0 spiro atoms. The summed E-state index contributed by atoms with van der Waals surface area (Å²) in [6, 6.07) is 1.46. The van der Waals surface area contributed by atoms with Crippen LogP contribution in [-0.4, -0.2) is 71.6 Å². The van der Waals surface area contributed by atoms with Crippen molar-refractivity contribution < 1.29 is 33.3 Å². The number of hydrogen-bond donors (Lipinski definition) is 1. The summed E-state index contributed by atoms with van der Waals surface area (Å²) in [5.41, 5.74) is 4.97. The molecule has 32 heavy (non-hydrogen) atoms. The van der Waals surface area contributed by atoms with Crippen LogP contribution in [0.3, 0.4) is 0 Å². The van der Waals surface area contributed by atoms with Crippen LogP contribution >= 0.6 is 0 Å². The highest BCUT2D eigenvalue weighted by Gasteiger charge is 2.49. The summed E-state index contributed by atoms with van der Waals surface area (Å²) >= 11 is 0. The van der Waals surface area contributed by atoms with Gasteiger partial charge in [0.2, 0.25) is 0 Å². The Balaban J connectivity index is 2.38. The lowest BCUT2D eigenvalue weighted by atomic mass is 10.1. The maximum atomic E-state index is 12.5. The Morgan fingerprint density at radius 2 is 1.59 bits per heavy atom. The standard InChI is InChI=1S/C21H31N3O8/c1-13(5-9-25)29-12-16-18(30-14(2)6-10-26)19(31-15(3)7-11-27)20(32-16)24-8-4-17(22)23-21(24)28/h4,8-11,13-16,18-20H,5-7,12H2,1-3H3,(H2,22,23,28)/t13?,14?,15?,16-,18?,19?,20-/m1/s1. The zero-order valence-electron chi connectivity index (χ0n) is 18.5. The number of nitrogen functional groups attached to an aromatic ring is 1. The van der Waals surface area contributed by atoms with E-state index in [-0.39, 0.29) is 37.8 Å². The summed E-state index contributed by atoms with van der Waals surface area (Å²) < 4.78 is 25.3. The molecular formula is C21H31N3O8. The first-order chi connectivity index (χ1) is 15.3. The monoisotopic (exact) mass is 453 g/mol. The first-order valence-electron chi connectivity index (χ1n) is 10.5. The van der Waals surface area contributed by atoms with Crippen LogP contribution < -0.4 is 11.4 Å². The third-order valence-electron chi connectivity index (χ3n) is 5.02. The van der Waals surface area contributed by atoms with Crippen LogP contribution in [0.4, 0.5) is 5.82 Å². The van der Waals surface area contributed by atoms with Gasteiger partial charge in [0.25, 0.3) is 0 Å². The van der Waals surface area contributed by atoms with Crippen molar-refractivity contribution in [3.63, 3.8) is 0 Å². The predicted octanol–water partition coefficient (Wildman–Crippen LogP) is 0.442. The molecule has 1 aromatic rings. The van der Waals surface area contributed by atoms with Crippen molar-refractivity contribution in [2.45, 2.75) is 82.9 Å². The highest BCUT2D eigenvalue weighted by Crippen LogP contribution is 2.35. The molecule has 0 radical (unpaired) electrons. The largest absolute Gasteiger partial charge is 0.383 e. The molecule has 2 heterocycles. The topological polar surface area (TPSA) is 149 Å². The number of nitrogens with zero attached hydrogens (tertiary/aromatic N) is 2. The van der Waals surface area contributed by atoms with Crippen LogP contribution in [0.2, 0.25) is 0 Å². The van der Waals surface area contributed by atoms with Crippen molar-refractivity contribution in [3.05, 3.63) is 22.7 Å². The number of rotatable bonds is 14. The molecule has 1 saturated heterocycles. The van der Waals surface area contributed by atoms with Crippen molar-refractivity contribution >= 4 is 24.7 Å². The van der Waals surface area contributed by atoms with Crippen LogP contribution in [0.1, 0.15) is 46.3 Å². The zero-order valence-corrected chi connectivity index (χ0v) is 18.5. The number of aldehydes is 3. The Kier molecular flexibility index (Phi) is 10.1. The van der Waals surface area contributed by atoms with E-state index in [1.165, 1.54) is 16.8 Å². The molecule has 1 aliphatic heterocycles. The highest BCUT2D eigenvalue weighted by molar-refractivity contribution is 5.50. The van der Waals surface area contributed by atoms with Crippen molar-refractivity contribution in [2.24, 2.45) is 0 Å². The molecule has 0 saturated carbocycles. The van der Waals surface area contributed by atoms with Gasteiger partial charge in [-0.2, -0.15) is 4.98 Å². The Bertz CT molecular complexity index is 816. The van der Waals surface area contributed by atoms with E-state index in [0.717, 1.165) is 18.9 Å². The molecule has 178 valence electrons. The van der Waals surface area contributed by atoms with E-state index in [0.29, 0.717) is 0 Å². The molecule has 1 aliphatic rings. The Labute approximate surface area is 186 Å². The second kappa shape index (κ2) is 12.5. The SMILES string of the molecule is CC(CC=O)OC[C@H]1O[C@@H](n2ccc(N)nc2=O)C(OC(C)CC=O)C1OC(C)CC=O. The van der Waals surface area contributed by atoms with E-state index in [1.807, 2.05) is 0 Å². The minimum atomic E-state index is -0.937. The fraction of sp³-hybridized carbons (Fsp3) is 0.667. The maximum Gasteiger partial charge on any atom is 0.351 e. The normalized spacial score (nSPS) is 25.7. The molecule has 11 nitrogen and oxygen atoms in total. The molecule has 11 heteroatoms. The summed E-state index contributed by atoms with van der Waals surface area (Å²) in [4.78, 5) is 48.9. The van der Waals surface area contributed by atoms with Crippen molar-refractivity contribution in [2.75, 3.05) is 12.3 Å². The quantitative estimate of drug-likeness (QED) is 0.393. The molecule has 1 fully saturated rings. The lowest BCUT2D eigenvalue weighted by Gasteiger charge is -2.29. The van der Waals surface area contributed by atoms with Gasteiger partial charge in [0.15, 0.2) is 6.23 Å².